The Morgan fingerprint density at radius 1 is 0.905 bits per heavy atom. The van der Waals surface area contributed by atoms with Crippen LogP contribution in [0.2, 0.25) is 0 Å². The molecule has 0 unspecified atom stereocenters. The summed E-state index contributed by atoms with van der Waals surface area (Å²) in [5.41, 5.74) is 0. The van der Waals surface area contributed by atoms with E-state index >= 15 is 0 Å². The summed E-state index contributed by atoms with van der Waals surface area (Å²) in [4.78, 5) is 4.63. The normalized spacial score (nSPS) is 15.1. The average molecular weight is 328 g/mol. The number of unbranched alkanes of at least 4 members (excludes halogenated alkanes) is 7. The molecule has 1 heterocycles. The first kappa shape index (κ1) is 20.5. The van der Waals surface area contributed by atoms with Gasteiger partial charge in [0.05, 0.1) is 6.67 Å². The standard InChI is InChI=1S/C14H28N2.CH3F3S/c1-3-4-5-6-7-8-9-10-11-16-13-12-15(2)14-16;1-5(2,3)4/h12-13H,3-11,14H2,1-2H3;1H3. The molecule has 0 bridgehead atoms. The van der Waals surface area contributed by atoms with Gasteiger partial charge in [-0.25, -0.2) is 0 Å². The Labute approximate surface area is 130 Å². The minimum Gasteiger partial charge on any atom is -0.362 e. The molecule has 1 aliphatic heterocycles. The molecule has 6 heteroatoms. The Hall–Kier alpha value is -0.520. The molecule has 0 aromatic carbocycles. The van der Waals surface area contributed by atoms with E-state index in [0.29, 0.717) is 0 Å². The van der Waals surface area contributed by atoms with Crippen molar-refractivity contribution in [2.75, 3.05) is 26.5 Å². The lowest BCUT2D eigenvalue weighted by Gasteiger charge is -2.17. The maximum Gasteiger partial charge on any atom is 0.206 e. The van der Waals surface area contributed by atoms with Crippen molar-refractivity contribution in [2.24, 2.45) is 0 Å². The van der Waals surface area contributed by atoms with Crippen molar-refractivity contribution in [3.63, 3.8) is 0 Å². The van der Waals surface area contributed by atoms with Crippen LogP contribution in [0.3, 0.4) is 0 Å². The third kappa shape index (κ3) is 17.4. The molecule has 0 fully saturated rings. The molecule has 1 aliphatic rings. The van der Waals surface area contributed by atoms with Gasteiger partial charge in [-0.3, -0.25) is 0 Å². The monoisotopic (exact) mass is 328 g/mol. The Morgan fingerprint density at radius 3 is 1.81 bits per heavy atom. The van der Waals surface area contributed by atoms with Crippen LogP contribution < -0.4 is 0 Å². The number of halogens is 3. The second-order valence-electron chi connectivity index (χ2n) is 5.62. The Balaban J connectivity index is 0.000000690. The van der Waals surface area contributed by atoms with E-state index in [9.17, 15) is 11.7 Å². The topological polar surface area (TPSA) is 6.48 Å². The first-order chi connectivity index (χ1) is 9.83. The molecular formula is C15H31F3N2S. The van der Waals surface area contributed by atoms with Crippen LogP contribution in [0.5, 0.6) is 0 Å². The minimum atomic E-state index is -4.67. The van der Waals surface area contributed by atoms with Crippen LogP contribution in [0, 0.1) is 0 Å². The largest absolute Gasteiger partial charge is 0.362 e. The molecular weight excluding hydrogens is 297 g/mol. The van der Waals surface area contributed by atoms with Crippen molar-refractivity contribution < 1.29 is 11.7 Å². The van der Waals surface area contributed by atoms with Crippen LogP contribution in [0.1, 0.15) is 58.3 Å². The number of hydrogen-bond donors (Lipinski definition) is 0. The third-order valence-corrected chi connectivity index (χ3v) is 3.24. The molecule has 0 N–H and O–H groups in total. The van der Waals surface area contributed by atoms with Crippen molar-refractivity contribution in [2.45, 2.75) is 58.3 Å². The highest BCUT2D eigenvalue weighted by atomic mass is 32.3. The van der Waals surface area contributed by atoms with Gasteiger partial charge in [-0.1, -0.05) is 51.9 Å². The predicted octanol–water partition coefficient (Wildman–Crippen LogP) is 5.88. The molecule has 0 aromatic heterocycles. The molecule has 0 atom stereocenters. The third-order valence-electron chi connectivity index (χ3n) is 3.24. The number of nitrogens with zero attached hydrogens (tertiary/aromatic N) is 2. The van der Waals surface area contributed by atoms with E-state index in [-0.39, 0.29) is 6.26 Å². The maximum atomic E-state index is 10.4. The summed E-state index contributed by atoms with van der Waals surface area (Å²) >= 11 is -4.67. The first-order valence-electron chi connectivity index (χ1n) is 7.82. The summed E-state index contributed by atoms with van der Waals surface area (Å²) in [5, 5.41) is 0. The van der Waals surface area contributed by atoms with Crippen LogP contribution >= 0.6 is 11.2 Å². The molecule has 1 rings (SSSR count). The van der Waals surface area contributed by atoms with E-state index in [1.165, 1.54) is 57.9 Å². The zero-order chi connectivity index (χ0) is 16.1. The van der Waals surface area contributed by atoms with Gasteiger partial charge in [-0.2, -0.15) is 0 Å². The molecule has 128 valence electrons. The van der Waals surface area contributed by atoms with Gasteiger partial charge in [0.2, 0.25) is 11.2 Å². The van der Waals surface area contributed by atoms with E-state index in [4.69, 9.17) is 0 Å². The van der Waals surface area contributed by atoms with Crippen LogP contribution in [-0.2, 0) is 0 Å². The van der Waals surface area contributed by atoms with E-state index in [2.05, 4.69) is 36.2 Å². The summed E-state index contributed by atoms with van der Waals surface area (Å²) in [7, 11) is 2.13. The molecule has 2 nitrogen and oxygen atoms in total. The summed E-state index contributed by atoms with van der Waals surface area (Å²) in [6, 6.07) is 0. The van der Waals surface area contributed by atoms with Gasteiger partial charge in [-0.15, -0.1) is 11.7 Å². The minimum absolute atomic E-state index is 0.271. The SMILES string of the molecule is CCCCCCCCCCN1C=CN(C)C1.CS(F)(F)F. The fraction of sp³-hybridized carbons (Fsp3) is 0.867. The van der Waals surface area contributed by atoms with Crippen LogP contribution in [0.15, 0.2) is 12.4 Å². The Kier molecular flexibility index (Phi) is 11.8. The highest BCUT2D eigenvalue weighted by molar-refractivity contribution is 8.20. The second kappa shape index (κ2) is 12.1. The summed E-state index contributed by atoms with van der Waals surface area (Å²) < 4.78 is 31.3. The van der Waals surface area contributed by atoms with Gasteiger partial charge in [0, 0.05) is 32.2 Å². The van der Waals surface area contributed by atoms with Gasteiger partial charge in [0.15, 0.2) is 0 Å². The molecule has 0 spiro atoms. The Morgan fingerprint density at radius 2 is 1.38 bits per heavy atom. The van der Waals surface area contributed by atoms with E-state index in [1.807, 2.05) is 0 Å². The van der Waals surface area contributed by atoms with Gasteiger partial charge in [0.25, 0.3) is 0 Å². The highest BCUT2D eigenvalue weighted by Gasteiger charge is 2.07. The van der Waals surface area contributed by atoms with Crippen molar-refractivity contribution in [1.82, 2.24) is 9.80 Å². The maximum absolute atomic E-state index is 10.4. The van der Waals surface area contributed by atoms with Crippen molar-refractivity contribution in [3.05, 3.63) is 12.4 Å². The van der Waals surface area contributed by atoms with E-state index < -0.39 is 11.2 Å². The number of hydrogen-bond acceptors (Lipinski definition) is 2. The van der Waals surface area contributed by atoms with Gasteiger partial charge < -0.3 is 9.80 Å². The quantitative estimate of drug-likeness (QED) is 0.488. The van der Waals surface area contributed by atoms with E-state index in [1.54, 1.807) is 0 Å². The van der Waals surface area contributed by atoms with Crippen LogP contribution in [0.25, 0.3) is 0 Å². The zero-order valence-electron chi connectivity index (χ0n) is 13.7. The molecule has 21 heavy (non-hydrogen) atoms. The summed E-state index contributed by atoms with van der Waals surface area (Å²) in [6.07, 6.45) is 15.9. The first-order valence-corrected chi connectivity index (χ1v) is 9.57. The smallest absolute Gasteiger partial charge is 0.206 e. The summed E-state index contributed by atoms with van der Waals surface area (Å²) in [6.45, 7) is 4.59. The van der Waals surface area contributed by atoms with Crippen molar-refractivity contribution in [3.8, 4) is 0 Å². The Bertz CT molecular complexity index is 264. The van der Waals surface area contributed by atoms with Crippen LogP contribution in [0.4, 0.5) is 11.7 Å². The van der Waals surface area contributed by atoms with Gasteiger partial charge in [0.1, 0.15) is 0 Å². The van der Waals surface area contributed by atoms with E-state index in [0.717, 1.165) is 6.67 Å². The lowest BCUT2D eigenvalue weighted by atomic mass is 10.1. The average Bonchev–Trinajstić information content (AvgIpc) is 2.76. The molecule has 0 saturated heterocycles. The predicted molar refractivity (Wildman–Crippen MR) is 87.9 cm³/mol. The molecule has 0 amide bonds. The van der Waals surface area contributed by atoms with Gasteiger partial charge in [-0.05, 0) is 6.42 Å². The zero-order valence-corrected chi connectivity index (χ0v) is 14.5. The summed E-state index contributed by atoms with van der Waals surface area (Å²) in [5.74, 6) is 0. The molecule has 0 aliphatic carbocycles. The fourth-order valence-corrected chi connectivity index (χ4v) is 2.18. The lowest BCUT2D eigenvalue weighted by Crippen LogP contribution is -2.23. The van der Waals surface area contributed by atoms with Crippen molar-refractivity contribution >= 4 is 11.2 Å². The van der Waals surface area contributed by atoms with Gasteiger partial charge >= 0.3 is 0 Å². The number of rotatable bonds is 9. The molecule has 0 aromatic rings. The highest BCUT2D eigenvalue weighted by Crippen LogP contribution is 2.48. The van der Waals surface area contributed by atoms with Crippen molar-refractivity contribution in [1.29, 1.82) is 0 Å². The van der Waals surface area contributed by atoms with Crippen LogP contribution in [-0.4, -0.2) is 36.3 Å². The molecule has 0 radical (unpaired) electrons. The fourth-order valence-electron chi connectivity index (χ4n) is 2.18. The lowest BCUT2D eigenvalue weighted by molar-refractivity contribution is 0.290. The molecule has 0 saturated carbocycles. The second-order valence-corrected chi connectivity index (χ2v) is 6.90.